The average molecular weight is 457 g/mol. The Labute approximate surface area is 191 Å². The summed E-state index contributed by atoms with van der Waals surface area (Å²) >= 11 is 1.61. The lowest BCUT2D eigenvalue weighted by Crippen LogP contribution is -2.39. The Bertz CT molecular complexity index is 994. The van der Waals surface area contributed by atoms with E-state index in [1.165, 1.54) is 6.33 Å². The number of tetrazole rings is 1. The molecule has 1 fully saturated rings. The molecule has 0 radical (unpaired) electrons. The molecule has 1 aliphatic heterocycles. The number of hydrogen-bond acceptors (Lipinski definition) is 8. The van der Waals surface area contributed by atoms with Crippen molar-refractivity contribution in [1.29, 1.82) is 0 Å². The Balaban J connectivity index is 1.40. The lowest BCUT2D eigenvalue weighted by molar-refractivity contribution is 0.0654. The normalized spacial score (nSPS) is 16.0. The largest absolute Gasteiger partial charge is 0.463 e. The van der Waals surface area contributed by atoms with Crippen LogP contribution in [-0.4, -0.2) is 55.9 Å². The van der Waals surface area contributed by atoms with Crippen molar-refractivity contribution in [3.63, 3.8) is 0 Å². The Morgan fingerprint density at radius 1 is 1.22 bits per heavy atom. The number of thiazole rings is 1. The van der Waals surface area contributed by atoms with Gasteiger partial charge in [0, 0.05) is 24.4 Å². The van der Waals surface area contributed by atoms with E-state index in [0.29, 0.717) is 31.4 Å². The highest BCUT2D eigenvalue weighted by atomic mass is 32.1. The van der Waals surface area contributed by atoms with Crippen molar-refractivity contribution in [3.05, 3.63) is 52.7 Å². The molecule has 4 rings (SSSR count). The number of carbonyl (C=O) groups excluding carboxylic acids is 1. The molecule has 170 valence electrons. The minimum Gasteiger partial charge on any atom is -0.463 e. The van der Waals surface area contributed by atoms with Crippen LogP contribution in [0.15, 0.2) is 42.0 Å². The summed E-state index contributed by atoms with van der Waals surface area (Å²) in [5.74, 6) is 1.01. The van der Waals surface area contributed by atoms with Gasteiger partial charge in [0.05, 0.1) is 11.6 Å². The van der Waals surface area contributed by atoms with Gasteiger partial charge in [0.1, 0.15) is 17.8 Å². The first-order chi connectivity index (χ1) is 15.4. The molecule has 1 atom stereocenters. The van der Waals surface area contributed by atoms with E-state index in [1.807, 2.05) is 35.7 Å². The van der Waals surface area contributed by atoms with Gasteiger partial charge < -0.3 is 14.4 Å². The molecule has 2 aromatic heterocycles. The van der Waals surface area contributed by atoms with Gasteiger partial charge >= 0.3 is 6.09 Å². The fourth-order valence-corrected chi connectivity index (χ4v) is 4.43. The fraction of sp³-hybridized carbons (Fsp3) is 0.500. The predicted molar refractivity (Wildman–Crippen MR) is 119 cm³/mol. The molecule has 0 bridgehead atoms. The molecule has 32 heavy (non-hydrogen) atoms. The molecular formula is C22H28N6O3S. The molecule has 3 heterocycles. The van der Waals surface area contributed by atoms with Crippen LogP contribution in [0.3, 0.4) is 0 Å². The van der Waals surface area contributed by atoms with Gasteiger partial charge in [0.25, 0.3) is 0 Å². The third kappa shape index (κ3) is 5.61. The second-order valence-corrected chi connectivity index (χ2v) is 9.95. The fourth-order valence-electron chi connectivity index (χ4n) is 3.43. The highest BCUT2D eigenvalue weighted by molar-refractivity contribution is 7.09. The van der Waals surface area contributed by atoms with Crippen LogP contribution < -0.4 is 4.74 Å². The molecule has 10 heteroatoms. The zero-order chi connectivity index (χ0) is 22.6. The summed E-state index contributed by atoms with van der Waals surface area (Å²) in [6, 6.07) is 9.54. The van der Waals surface area contributed by atoms with Crippen molar-refractivity contribution in [1.82, 2.24) is 30.1 Å². The molecule has 1 unspecified atom stereocenters. The van der Waals surface area contributed by atoms with Crippen molar-refractivity contribution >= 4 is 17.4 Å². The van der Waals surface area contributed by atoms with Crippen LogP contribution in [0, 0.1) is 5.41 Å². The first-order valence-corrected chi connectivity index (χ1v) is 11.6. The predicted octanol–water partition coefficient (Wildman–Crippen LogP) is 4.12. The van der Waals surface area contributed by atoms with E-state index in [0.717, 1.165) is 23.5 Å². The van der Waals surface area contributed by atoms with Crippen molar-refractivity contribution in [2.24, 2.45) is 5.41 Å². The number of hydrogen-bond donors (Lipinski definition) is 0. The number of rotatable bonds is 6. The Kier molecular flexibility index (Phi) is 6.69. The zero-order valence-corrected chi connectivity index (χ0v) is 19.4. The lowest BCUT2D eigenvalue weighted by atomic mass is 9.97. The van der Waals surface area contributed by atoms with Gasteiger partial charge in [-0.1, -0.05) is 39.0 Å². The lowest BCUT2D eigenvalue weighted by Gasteiger charge is -2.31. The van der Waals surface area contributed by atoms with Crippen molar-refractivity contribution in [2.45, 2.75) is 45.8 Å². The summed E-state index contributed by atoms with van der Waals surface area (Å²) < 4.78 is 13.2. The maximum atomic E-state index is 12.3. The molecule has 0 aliphatic carbocycles. The van der Waals surface area contributed by atoms with Gasteiger partial charge in [-0.05, 0) is 40.8 Å². The van der Waals surface area contributed by atoms with E-state index < -0.39 is 6.23 Å². The van der Waals surface area contributed by atoms with Gasteiger partial charge in [0.2, 0.25) is 6.23 Å². The van der Waals surface area contributed by atoms with Crippen LogP contribution in [0.1, 0.15) is 56.5 Å². The minimum atomic E-state index is -0.551. The van der Waals surface area contributed by atoms with Crippen LogP contribution in [0.4, 0.5) is 4.79 Å². The Morgan fingerprint density at radius 2 is 1.97 bits per heavy atom. The van der Waals surface area contributed by atoms with E-state index in [-0.39, 0.29) is 11.5 Å². The van der Waals surface area contributed by atoms with Crippen LogP contribution in [-0.2, 0) is 4.74 Å². The van der Waals surface area contributed by atoms with Gasteiger partial charge in [-0.3, -0.25) is 0 Å². The molecule has 0 saturated carbocycles. The number of benzene rings is 1. The van der Waals surface area contributed by atoms with Crippen molar-refractivity contribution in [2.75, 3.05) is 19.7 Å². The molecule has 0 spiro atoms. The maximum Gasteiger partial charge on any atom is 0.409 e. The average Bonchev–Trinajstić information content (AvgIpc) is 3.49. The topological polar surface area (TPSA) is 95.3 Å². The SMILES string of the molecule is CC(C)(C)COC(=O)N1CCC(c2nc(C(Oc3ccccc3)n3cnnn3)cs2)CC1. The van der Waals surface area contributed by atoms with E-state index in [2.05, 4.69) is 36.3 Å². The molecule has 1 amide bonds. The third-order valence-corrected chi connectivity index (χ3v) is 6.15. The summed E-state index contributed by atoms with van der Waals surface area (Å²) in [6.45, 7) is 7.91. The number of aromatic nitrogens is 5. The number of carbonyl (C=O) groups is 1. The maximum absolute atomic E-state index is 12.3. The van der Waals surface area contributed by atoms with Crippen LogP contribution in [0.25, 0.3) is 0 Å². The summed E-state index contributed by atoms with van der Waals surface area (Å²) in [5.41, 5.74) is 0.719. The summed E-state index contributed by atoms with van der Waals surface area (Å²) in [5, 5.41) is 14.5. The van der Waals surface area contributed by atoms with Crippen LogP contribution >= 0.6 is 11.3 Å². The number of nitrogens with zero attached hydrogens (tertiary/aromatic N) is 6. The standard InChI is InChI=1S/C22H28N6O3S/c1-22(2,3)14-30-21(29)27-11-9-16(10-12-27)19-24-18(13-32-19)20(28-15-23-25-26-28)31-17-7-5-4-6-8-17/h4-8,13,15-16,20H,9-12,14H2,1-3H3. The van der Waals surface area contributed by atoms with E-state index >= 15 is 0 Å². The van der Waals surface area contributed by atoms with Crippen LogP contribution in [0.5, 0.6) is 5.75 Å². The summed E-state index contributed by atoms with van der Waals surface area (Å²) in [7, 11) is 0. The number of likely N-dealkylation sites (tertiary alicyclic amines) is 1. The molecule has 9 nitrogen and oxygen atoms in total. The first kappa shape index (κ1) is 22.2. The van der Waals surface area contributed by atoms with Gasteiger partial charge in [-0.25, -0.2) is 9.78 Å². The second-order valence-electron chi connectivity index (χ2n) is 9.06. The Morgan fingerprint density at radius 3 is 2.62 bits per heavy atom. The number of para-hydroxylation sites is 1. The summed E-state index contributed by atoms with van der Waals surface area (Å²) in [4.78, 5) is 19.0. The number of amides is 1. The third-order valence-electron chi connectivity index (χ3n) is 5.12. The highest BCUT2D eigenvalue weighted by Gasteiger charge is 2.29. The van der Waals surface area contributed by atoms with Gasteiger partial charge in [-0.2, -0.15) is 4.68 Å². The highest BCUT2D eigenvalue weighted by Crippen LogP contribution is 2.33. The Hall–Kier alpha value is -3.01. The first-order valence-electron chi connectivity index (χ1n) is 10.7. The summed E-state index contributed by atoms with van der Waals surface area (Å²) in [6.07, 6.45) is 2.45. The monoisotopic (exact) mass is 456 g/mol. The van der Waals surface area contributed by atoms with Gasteiger partial charge in [0.15, 0.2) is 0 Å². The quantitative estimate of drug-likeness (QED) is 0.551. The van der Waals surface area contributed by atoms with E-state index in [1.54, 1.807) is 20.9 Å². The molecule has 1 aliphatic rings. The molecular weight excluding hydrogens is 428 g/mol. The minimum absolute atomic E-state index is 0.0384. The number of ether oxygens (including phenoxy) is 2. The van der Waals surface area contributed by atoms with Gasteiger partial charge in [-0.15, -0.1) is 16.4 Å². The molecule has 1 aromatic carbocycles. The van der Waals surface area contributed by atoms with Crippen molar-refractivity contribution < 1.29 is 14.3 Å². The molecule has 3 aromatic rings. The van der Waals surface area contributed by atoms with Crippen LogP contribution in [0.2, 0.25) is 0 Å². The second kappa shape index (κ2) is 9.64. The van der Waals surface area contributed by atoms with E-state index in [4.69, 9.17) is 14.5 Å². The smallest absolute Gasteiger partial charge is 0.409 e. The zero-order valence-electron chi connectivity index (χ0n) is 18.5. The molecule has 1 saturated heterocycles. The van der Waals surface area contributed by atoms with Crippen molar-refractivity contribution in [3.8, 4) is 5.75 Å². The number of piperidine rings is 1. The molecule has 0 N–H and O–H groups in total. The van der Waals surface area contributed by atoms with E-state index in [9.17, 15) is 4.79 Å².